The molecule has 1 saturated heterocycles. The van der Waals surface area contributed by atoms with Crippen LogP contribution in [0.2, 0.25) is 5.15 Å². The maximum Gasteiger partial charge on any atom is 0.254 e. The Bertz CT molecular complexity index is 582. The van der Waals surface area contributed by atoms with Crippen LogP contribution in [0.1, 0.15) is 61.7 Å². The molecule has 1 amide bonds. The Kier molecular flexibility index (Phi) is 6.31. The number of nitrogens with zero attached hydrogens (tertiary/aromatic N) is 2. The Hall–Kier alpha value is -1.17. The smallest absolute Gasteiger partial charge is 0.254 e. The lowest BCUT2D eigenvalue weighted by Gasteiger charge is -2.43. The van der Waals surface area contributed by atoms with Gasteiger partial charge in [0.25, 0.3) is 5.91 Å². The van der Waals surface area contributed by atoms with Crippen molar-refractivity contribution in [3.8, 4) is 0 Å². The second kappa shape index (κ2) is 8.47. The molecule has 2 N–H and O–H groups in total. The van der Waals surface area contributed by atoms with Gasteiger partial charge in [-0.15, -0.1) is 0 Å². The third-order valence-corrected chi connectivity index (χ3v) is 6.00. The highest BCUT2D eigenvalue weighted by molar-refractivity contribution is 6.32. The number of likely N-dealkylation sites (tertiary alicyclic amines) is 1. The molecular weight excluding hydrogens is 338 g/mol. The van der Waals surface area contributed by atoms with Crippen molar-refractivity contribution in [3.63, 3.8) is 0 Å². The Balaban J connectivity index is 1.42. The maximum atomic E-state index is 12.1. The monoisotopic (exact) mass is 365 g/mol. The number of hydrogen-bond donors (Lipinski definition) is 2. The Morgan fingerprint density at radius 2 is 2.04 bits per heavy atom. The number of aliphatic hydroxyl groups is 1. The van der Waals surface area contributed by atoms with Crippen LogP contribution in [0.25, 0.3) is 0 Å². The molecule has 2 heterocycles. The second-order valence-corrected chi connectivity index (χ2v) is 7.76. The molecule has 138 valence electrons. The van der Waals surface area contributed by atoms with Crippen LogP contribution < -0.4 is 5.32 Å². The van der Waals surface area contributed by atoms with E-state index in [0.717, 1.165) is 25.9 Å². The highest BCUT2D eigenvalue weighted by Gasteiger charge is 2.34. The molecule has 0 radical (unpaired) electrons. The molecule has 3 rings (SSSR count). The van der Waals surface area contributed by atoms with E-state index in [0.29, 0.717) is 24.6 Å². The first-order valence-corrected chi connectivity index (χ1v) is 9.80. The predicted octanol–water partition coefficient (Wildman–Crippen LogP) is 3.01. The van der Waals surface area contributed by atoms with Crippen molar-refractivity contribution in [1.29, 1.82) is 0 Å². The van der Waals surface area contributed by atoms with E-state index in [2.05, 4.69) is 15.2 Å². The van der Waals surface area contributed by atoms with Crippen LogP contribution in [0.3, 0.4) is 0 Å². The number of amides is 1. The summed E-state index contributed by atoms with van der Waals surface area (Å²) >= 11 is 5.94. The van der Waals surface area contributed by atoms with Gasteiger partial charge in [-0.05, 0) is 44.2 Å². The molecule has 0 aromatic carbocycles. The van der Waals surface area contributed by atoms with Crippen LogP contribution in [-0.4, -0.2) is 52.2 Å². The average Bonchev–Trinajstić information content (AvgIpc) is 2.63. The van der Waals surface area contributed by atoms with Gasteiger partial charge in [0.15, 0.2) is 0 Å². The van der Waals surface area contributed by atoms with Gasteiger partial charge in [0.1, 0.15) is 5.15 Å². The number of nitrogens with one attached hydrogen (secondary N) is 1. The largest absolute Gasteiger partial charge is 0.390 e. The van der Waals surface area contributed by atoms with Crippen LogP contribution in [0.15, 0.2) is 18.3 Å². The van der Waals surface area contributed by atoms with E-state index in [1.165, 1.54) is 32.1 Å². The molecule has 1 aromatic rings. The molecular formula is C19H28ClN3O2. The lowest BCUT2D eigenvalue weighted by Crippen LogP contribution is -2.49. The summed E-state index contributed by atoms with van der Waals surface area (Å²) in [6.07, 6.45) is 10.4. The van der Waals surface area contributed by atoms with Crippen molar-refractivity contribution in [2.75, 3.05) is 19.6 Å². The van der Waals surface area contributed by atoms with Crippen molar-refractivity contribution >= 4 is 17.5 Å². The third-order valence-electron chi connectivity index (χ3n) is 5.70. The minimum absolute atomic E-state index is 0.208. The number of halogens is 1. The first-order valence-electron chi connectivity index (χ1n) is 9.43. The van der Waals surface area contributed by atoms with E-state index in [9.17, 15) is 9.90 Å². The Morgan fingerprint density at radius 3 is 2.72 bits per heavy atom. The summed E-state index contributed by atoms with van der Waals surface area (Å²) in [5.41, 5.74) is -0.291. The molecule has 0 spiro atoms. The summed E-state index contributed by atoms with van der Waals surface area (Å²) in [4.78, 5) is 18.6. The summed E-state index contributed by atoms with van der Waals surface area (Å²) in [6.45, 7) is 2.37. The molecule has 2 fully saturated rings. The summed E-state index contributed by atoms with van der Waals surface area (Å²) in [6, 6.07) is 4.06. The van der Waals surface area contributed by atoms with Crippen LogP contribution in [-0.2, 0) is 0 Å². The van der Waals surface area contributed by atoms with E-state index in [-0.39, 0.29) is 11.1 Å². The zero-order valence-corrected chi connectivity index (χ0v) is 15.5. The second-order valence-electron chi connectivity index (χ2n) is 7.40. The fourth-order valence-electron chi connectivity index (χ4n) is 4.06. The number of carbonyl (C=O) groups is 1. The van der Waals surface area contributed by atoms with Crippen LogP contribution in [0, 0.1) is 0 Å². The summed E-state index contributed by atoms with van der Waals surface area (Å²) < 4.78 is 0. The van der Waals surface area contributed by atoms with Crippen LogP contribution in [0.5, 0.6) is 0 Å². The number of aromatic nitrogens is 1. The zero-order chi connectivity index (χ0) is 17.7. The summed E-state index contributed by atoms with van der Waals surface area (Å²) in [7, 11) is 0. The normalized spacial score (nSPS) is 21.8. The third kappa shape index (κ3) is 4.93. The topological polar surface area (TPSA) is 65.5 Å². The van der Waals surface area contributed by atoms with E-state index in [1.807, 2.05) is 0 Å². The molecule has 0 bridgehead atoms. The predicted molar refractivity (Wildman–Crippen MR) is 98.8 cm³/mol. The van der Waals surface area contributed by atoms with Crippen molar-refractivity contribution in [2.24, 2.45) is 0 Å². The fourth-order valence-corrected chi connectivity index (χ4v) is 4.27. The van der Waals surface area contributed by atoms with E-state index >= 15 is 0 Å². The lowest BCUT2D eigenvalue weighted by atomic mass is 9.85. The lowest BCUT2D eigenvalue weighted by molar-refractivity contribution is -0.0393. The summed E-state index contributed by atoms with van der Waals surface area (Å²) in [5, 5.41) is 13.9. The van der Waals surface area contributed by atoms with Gasteiger partial charge in [-0.3, -0.25) is 4.79 Å². The van der Waals surface area contributed by atoms with Crippen molar-refractivity contribution in [3.05, 3.63) is 29.0 Å². The number of pyridine rings is 1. The van der Waals surface area contributed by atoms with Crippen molar-refractivity contribution in [2.45, 2.75) is 63.0 Å². The Labute approximate surface area is 154 Å². The number of piperidine rings is 1. The molecule has 1 aliphatic carbocycles. The molecule has 1 saturated carbocycles. The van der Waals surface area contributed by atoms with E-state index in [1.54, 1.807) is 18.3 Å². The number of hydrogen-bond acceptors (Lipinski definition) is 4. The Morgan fingerprint density at radius 1 is 1.32 bits per heavy atom. The van der Waals surface area contributed by atoms with Crippen molar-refractivity contribution < 1.29 is 9.90 Å². The molecule has 25 heavy (non-hydrogen) atoms. The molecule has 2 aliphatic rings. The van der Waals surface area contributed by atoms with Gasteiger partial charge in [0.2, 0.25) is 0 Å². The molecule has 0 atom stereocenters. The minimum atomic E-state index is -0.669. The molecule has 1 aliphatic heterocycles. The highest BCUT2D eigenvalue weighted by Crippen LogP contribution is 2.30. The minimum Gasteiger partial charge on any atom is -0.390 e. The van der Waals surface area contributed by atoms with Crippen LogP contribution >= 0.6 is 11.6 Å². The standard InChI is InChI=1S/C19H28ClN3O2/c20-17-16(7-4-11-21-17)18(24)22-12-8-19(25)9-13-23(14-10-19)15-5-2-1-3-6-15/h4,7,11,15,25H,1-3,5-6,8-10,12-14H2,(H,22,24). The van der Waals surface area contributed by atoms with Gasteiger partial charge in [0.05, 0.1) is 11.2 Å². The molecule has 5 nitrogen and oxygen atoms in total. The maximum absolute atomic E-state index is 12.1. The highest BCUT2D eigenvalue weighted by atomic mass is 35.5. The fraction of sp³-hybridized carbons (Fsp3) is 0.684. The van der Waals surface area contributed by atoms with Gasteiger partial charge < -0.3 is 15.3 Å². The first kappa shape index (κ1) is 18.6. The number of carbonyl (C=O) groups excluding carboxylic acids is 1. The van der Waals surface area contributed by atoms with E-state index in [4.69, 9.17) is 11.6 Å². The molecule has 6 heteroatoms. The number of rotatable bonds is 5. The van der Waals surface area contributed by atoms with Gasteiger partial charge in [-0.25, -0.2) is 4.98 Å². The zero-order valence-electron chi connectivity index (χ0n) is 14.7. The summed E-state index contributed by atoms with van der Waals surface area (Å²) in [5.74, 6) is -0.235. The molecule has 0 unspecified atom stereocenters. The van der Waals surface area contributed by atoms with E-state index < -0.39 is 5.60 Å². The van der Waals surface area contributed by atoms with Gasteiger partial charge in [0, 0.05) is 31.9 Å². The SMILES string of the molecule is O=C(NCCC1(O)CCN(C2CCCCC2)CC1)c1cccnc1Cl. The van der Waals surface area contributed by atoms with Crippen LogP contribution in [0.4, 0.5) is 0 Å². The van der Waals surface area contributed by atoms with Crippen molar-refractivity contribution in [1.82, 2.24) is 15.2 Å². The first-order chi connectivity index (χ1) is 12.1. The van der Waals surface area contributed by atoms with Gasteiger partial charge in [-0.2, -0.15) is 0 Å². The van der Waals surface area contributed by atoms with Gasteiger partial charge >= 0.3 is 0 Å². The average molecular weight is 366 g/mol. The van der Waals surface area contributed by atoms with Gasteiger partial charge in [-0.1, -0.05) is 30.9 Å². The quantitative estimate of drug-likeness (QED) is 0.787. The molecule has 1 aromatic heterocycles.